The first-order valence-electron chi connectivity index (χ1n) is 31.6. The number of fused-ring (bicyclic) bond motifs is 13. The third kappa shape index (κ3) is 6.99. The summed E-state index contributed by atoms with van der Waals surface area (Å²) in [6.07, 6.45) is 2.07. The topological polar surface area (TPSA) is 9.86 Å². The molecule has 9 aromatic carbocycles. The van der Waals surface area contributed by atoms with Crippen molar-refractivity contribution in [2.24, 2.45) is 0 Å². The van der Waals surface area contributed by atoms with Gasteiger partial charge in [-0.05, 0) is 187 Å². The van der Waals surface area contributed by atoms with E-state index in [1.807, 2.05) is 0 Å². The summed E-state index contributed by atoms with van der Waals surface area (Å²) in [7, 11) is 0. The van der Waals surface area contributed by atoms with Crippen LogP contribution in [0, 0.1) is 0 Å². The fraction of sp³-hybridized carbons (Fsp3) is 0.333. The molecule has 0 saturated carbocycles. The van der Waals surface area contributed by atoms with Gasteiger partial charge in [0.25, 0.3) is 6.71 Å². The number of nitrogens with zero attached hydrogens (tertiary/aromatic N) is 2. The second-order valence-electron chi connectivity index (χ2n) is 31.4. The summed E-state index contributed by atoms with van der Waals surface area (Å²) in [6, 6.07) is 62.1. The lowest BCUT2D eigenvalue weighted by atomic mass is 9.33. The molecule has 4 aliphatic rings. The molecule has 0 radical (unpaired) electrons. The van der Waals surface area contributed by atoms with Crippen LogP contribution in [0.2, 0.25) is 0 Å². The third-order valence-electron chi connectivity index (χ3n) is 21.5. The summed E-state index contributed by atoms with van der Waals surface area (Å²) in [4.78, 5) is 0. The molecule has 5 heterocycles. The van der Waals surface area contributed by atoms with Gasteiger partial charge in [0, 0.05) is 38.6 Å². The highest BCUT2D eigenvalue weighted by Crippen LogP contribution is 2.63. The standard InChI is InChI=1S/C81H83BN2/c1-19-79(15,16)53-42-58-59-43-54(80(17,18)20-2)45-65-72(59)84-71(58)64(44-53)81(61-31-25-23-29-56(61)57-30-24-26-32-62(57)81)63-33-34-66-69(74(63)84)82(65)68-55-28-22-21-27-46(55)39-60-67(47-35-49(75(3,4)5)40-50(36-47)76(6,7)8)70(83(66)73(60)68)48-37-51(77(9,10)11)41-52(38-48)78(12,13)14/h21-45H,19-20H2,1-18H3. The van der Waals surface area contributed by atoms with Crippen LogP contribution in [0.1, 0.15) is 193 Å². The second-order valence-corrected chi connectivity index (χ2v) is 31.4. The van der Waals surface area contributed by atoms with E-state index in [2.05, 4.69) is 285 Å². The van der Waals surface area contributed by atoms with Crippen LogP contribution >= 0.6 is 0 Å². The average Bonchev–Trinajstić information content (AvgIpc) is 1.41. The Balaban J connectivity index is 1.23. The van der Waals surface area contributed by atoms with Crippen molar-refractivity contribution >= 4 is 66.6 Å². The predicted molar refractivity (Wildman–Crippen MR) is 363 cm³/mol. The minimum Gasteiger partial charge on any atom is -0.310 e. The third-order valence-corrected chi connectivity index (χ3v) is 21.5. The summed E-state index contributed by atoms with van der Waals surface area (Å²) in [6.45, 7) is 43.3. The van der Waals surface area contributed by atoms with Crippen molar-refractivity contribution in [1.82, 2.24) is 9.13 Å². The fourth-order valence-corrected chi connectivity index (χ4v) is 15.8. The zero-order chi connectivity index (χ0) is 59.1. The van der Waals surface area contributed by atoms with E-state index in [1.54, 1.807) is 0 Å². The second kappa shape index (κ2) is 17.0. The summed E-state index contributed by atoms with van der Waals surface area (Å²) >= 11 is 0. The Morgan fingerprint density at radius 3 is 1.43 bits per heavy atom. The fourth-order valence-electron chi connectivity index (χ4n) is 15.8. The molecule has 0 bridgehead atoms. The number of rotatable bonds is 6. The van der Waals surface area contributed by atoms with Gasteiger partial charge in [0.15, 0.2) is 0 Å². The Morgan fingerprint density at radius 1 is 0.381 bits per heavy atom. The summed E-state index contributed by atoms with van der Waals surface area (Å²) in [5.74, 6) is 0. The Morgan fingerprint density at radius 2 is 0.881 bits per heavy atom. The van der Waals surface area contributed by atoms with Crippen molar-refractivity contribution < 1.29 is 0 Å². The largest absolute Gasteiger partial charge is 0.310 e. The van der Waals surface area contributed by atoms with E-state index >= 15 is 0 Å². The number of hydrogen-bond donors (Lipinski definition) is 0. The van der Waals surface area contributed by atoms with Crippen LogP contribution in [0.3, 0.4) is 0 Å². The summed E-state index contributed by atoms with van der Waals surface area (Å²) in [5, 5.41) is 6.71. The van der Waals surface area contributed by atoms with E-state index in [4.69, 9.17) is 0 Å². The predicted octanol–water partition coefficient (Wildman–Crippen LogP) is 19.6. The molecule has 0 N–H and O–H groups in total. The van der Waals surface area contributed by atoms with Gasteiger partial charge < -0.3 is 9.13 Å². The molecule has 0 saturated heterocycles. The average molecular weight is 1100 g/mol. The zero-order valence-electron chi connectivity index (χ0n) is 53.3. The molecule has 11 aromatic rings. The van der Waals surface area contributed by atoms with Crippen molar-refractivity contribution in [3.05, 3.63) is 207 Å². The van der Waals surface area contributed by atoms with Gasteiger partial charge in [-0.3, -0.25) is 0 Å². The Hall–Kier alpha value is -7.36. The van der Waals surface area contributed by atoms with E-state index in [-0.39, 0.29) is 39.2 Å². The highest BCUT2D eigenvalue weighted by Gasteiger charge is 2.55. The van der Waals surface area contributed by atoms with Crippen molar-refractivity contribution in [2.45, 2.75) is 175 Å². The van der Waals surface area contributed by atoms with Crippen molar-refractivity contribution in [3.8, 4) is 44.9 Å². The van der Waals surface area contributed by atoms with E-state index < -0.39 is 5.41 Å². The van der Waals surface area contributed by atoms with Crippen molar-refractivity contribution in [3.63, 3.8) is 0 Å². The lowest BCUT2D eigenvalue weighted by molar-refractivity contribution is 0.505. The van der Waals surface area contributed by atoms with Crippen LogP contribution in [0.25, 0.3) is 88.4 Å². The van der Waals surface area contributed by atoms with Crippen molar-refractivity contribution in [1.29, 1.82) is 0 Å². The van der Waals surface area contributed by atoms with Crippen LogP contribution in [0.4, 0.5) is 0 Å². The Labute approximate surface area is 500 Å². The van der Waals surface area contributed by atoms with Gasteiger partial charge >= 0.3 is 0 Å². The zero-order valence-corrected chi connectivity index (χ0v) is 53.3. The molecule has 420 valence electrons. The number of hydrogen-bond acceptors (Lipinski definition) is 0. The summed E-state index contributed by atoms with van der Waals surface area (Å²) < 4.78 is 5.65. The van der Waals surface area contributed by atoms with Gasteiger partial charge in [-0.2, -0.15) is 0 Å². The SMILES string of the molecule is CCC(C)(C)c1cc2c3c(c1)c1cc(C(C)(C)CC)cc4c1n3-c1c(ccc3c1B2c1c2ccccc2cc2c(-c5cc(C(C)(C)C)cc(C(C)(C)C)c5)c(-c5cc(C(C)(C)C)cc(C(C)(C)C)c5)n-3c12)C41c2ccccc2-c2ccccc21. The van der Waals surface area contributed by atoms with Crippen LogP contribution in [-0.4, -0.2) is 15.8 Å². The molecular weight excluding hydrogens is 1010 g/mol. The van der Waals surface area contributed by atoms with Crippen molar-refractivity contribution in [2.75, 3.05) is 0 Å². The molecule has 0 fully saturated rings. The van der Waals surface area contributed by atoms with E-state index in [0.717, 1.165) is 12.8 Å². The number of benzene rings is 9. The van der Waals surface area contributed by atoms with E-state index in [9.17, 15) is 0 Å². The molecule has 0 atom stereocenters. The minimum absolute atomic E-state index is 0.0641. The molecule has 2 aromatic heterocycles. The first-order valence-corrected chi connectivity index (χ1v) is 31.6. The molecular formula is C81H83BN2. The van der Waals surface area contributed by atoms with Crippen LogP contribution in [-0.2, 0) is 37.9 Å². The maximum absolute atomic E-state index is 2.83. The van der Waals surface area contributed by atoms with Crippen LogP contribution in [0.5, 0.6) is 0 Å². The van der Waals surface area contributed by atoms with Gasteiger partial charge in [0.2, 0.25) is 0 Å². The molecule has 2 nitrogen and oxygen atoms in total. The van der Waals surface area contributed by atoms with Gasteiger partial charge in [-0.25, -0.2) is 0 Å². The normalized spacial score (nSPS) is 15.0. The molecule has 1 aliphatic carbocycles. The quantitative estimate of drug-likeness (QED) is 0.147. The number of aromatic nitrogens is 2. The molecule has 0 unspecified atom stereocenters. The molecule has 15 rings (SSSR count). The first kappa shape index (κ1) is 53.4. The van der Waals surface area contributed by atoms with Gasteiger partial charge in [0.05, 0.1) is 22.1 Å². The van der Waals surface area contributed by atoms with Gasteiger partial charge in [0.1, 0.15) is 0 Å². The lowest BCUT2D eigenvalue weighted by Gasteiger charge is -2.44. The van der Waals surface area contributed by atoms with E-state index in [0.29, 0.717) is 0 Å². The monoisotopic (exact) mass is 1090 g/mol. The van der Waals surface area contributed by atoms with Crippen LogP contribution < -0.4 is 16.4 Å². The highest BCUT2D eigenvalue weighted by molar-refractivity contribution is 7.01. The molecule has 84 heavy (non-hydrogen) atoms. The van der Waals surface area contributed by atoms with Gasteiger partial charge in [-0.1, -0.05) is 240 Å². The Bertz CT molecular complexity index is 4610. The molecule has 0 amide bonds. The molecule has 1 spiro atoms. The maximum Gasteiger partial charge on any atom is 0.253 e. The highest BCUT2D eigenvalue weighted by atomic mass is 15.1. The molecule has 3 heteroatoms. The lowest BCUT2D eigenvalue weighted by Crippen LogP contribution is -2.61. The van der Waals surface area contributed by atoms with Crippen LogP contribution in [0.15, 0.2) is 152 Å². The van der Waals surface area contributed by atoms with E-state index in [1.165, 1.54) is 160 Å². The minimum atomic E-state index is -0.591. The molecule has 3 aliphatic heterocycles. The maximum atomic E-state index is 2.83. The first-order chi connectivity index (χ1) is 39.6. The Kier molecular flexibility index (Phi) is 10.8. The summed E-state index contributed by atoms with van der Waals surface area (Å²) in [5.41, 5.74) is 31.6. The smallest absolute Gasteiger partial charge is 0.253 e. The van der Waals surface area contributed by atoms with Gasteiger partial charge in [-0.15, -0.1) is 0 Å².